The average Bonchev–Trinajstić information content (AvgIpc) is 3.75. The van der Waals surface area contributed by atoms with Crippen molar-refractivity contribution in [2.45, 2.75) is 57.7 Å². The van der Waals surface area contributed by atoms with E-state index in [-0.39, 0.29) is 29.9 Å². The number of aromatic nitrogens is 7. The summed E-state index contributed by atoms with van der Waals surface area (Å²) in [7, 11) is 1.66. The van der Waals surface area contributed by atoms with E-state index in [1.807, 2.05) is 65.1 Å². The molecule has 2 aromatic carbocycles. The molecule has 0 amide bonds. The molecule has 3 heterocycles. The Morgan fingerprint density at radius 3 is 2.61 bits per heavy atom. The Morgan fingerprint density at radius 1 is 1.06 bits per heavy atom. The molecule has 0 aliphatic carbocycles. The van der Waals surface area contributed by atoms with Crippen LogP contribution in [0, 0.1) is 0 Å². The van der Waals surface area contributed by atoms with Gasteiger partial charge >= 0.3 is 5.97 Å². The minimum atomic E-state index is -0.421. The van der Waals surface area contributed by atoms with Crippen LogP contribution in [0.2, 0.25) is 0 Å². The molecule has 0 radical (unpaired) electrons. The third-order valence-electron chi connectivity index (χ3n) is 7.44. The number of carbonyl (C=O) groups excluding carboxylic acids is 1. The molecular weight excluding hydrogens is 643 g/mol. The zero-order valence-electron chi connectivity index (χ0n) is 28.1. The number of nitrogens with one attached hydrogen (secondary N) is 2. The number of benzene rings is 2. The van der Waals surface area contributed by atoms with Crippen molar-refractivity contribution < 1.29 is 19.0 Å². The maximum atomic E-state index is 13.0. The highest BCUT2D eigenvalue weighted by molar-refractivity contribution is 7.98. The van der Waals surface area contributed by atoms with Gasteiger partial charge in [-0.05, 0) is 48.3 Å². The van der Waals surface area contributed by atoms with Crippen LogP contribution in [0.25, 0.3) is 12.2 Å². The Kier molecular flexibility index (Phi) is 12.0. The molecule has 0 saturated heterocycles. The van der Waals surface area contributed by atoms with Crippen molar-refractivity contribution in [3.05, 3.63) is 116 Å². The Balaban J connectivity index is 1.14. The molecule has 3 aromatic heterocycles. The normalized spacial score (nSPS) is 12.3. The van der Waals surface area contributed by atoms with Crippen LogP contribution in [0.5, 0.6) is 11.6 Å². The second-order valence-corrected chi connectivity index (χ2v) is 13.4. The first-order valence-corrected chi connectivity index (χ1v) is 17.1. The second-order valence-electron chi connectivity index (χ2n) is 12.3. The van der Waals surface area contributed by atoms with Crippen molar-refractivity contribution in [2.75, 3.05) is 19.7 Å². The van der Waals surface area contributed by atoms with E-state index in [4.69, 9.17) is 14.2 Å². The van der Waals surface area contributed by atoms with Crippen LogP contribution in [0.3, 0.4) is 0 Å². The smallest absolute Gasteiger partial charge is 0.308 e. The molecule has 0 unspecified atom stereocenters. The molecule has 13 heteroatoms. The molecule has 0 bridgehead atoms. The minimum absolute atomic E-state index is 0.108. The van der Waals surface area contributed by atoms with Gasteiger partial charge < -0.3 is 24.2 Å². The highest BCUT2D eigenvalue weighted by Gasteiger charge is 2.19. The summed E-state index contributed by atoms with van der Waals surface area (Å²) < 4.78 is 18.2. The largest absolute Gasteiger partial charge is 0.497 e. The molecule has 0 fully saturated rings. The number of methoxy groups -OCH3 is 1. The van der Waals surface area contributed by atoms with Gasteiger partial charge in [-0.3, -0.25) is 14.3 Å². The number of H-pyrrole nitrogens is 2. The highest BCUT2D eigenvalue weighted by Crippen LogP contribution is 2.23. The molecule has 0 saturated carbocycles. The van der Waals surface area contributed by atoms with Crippen molar-refractivity contribution in [2.24, 2.45) is 0 Å². The van der Waals surface area contributed by atoms with Crippen molar-refractivity contribution in [3.8, 4) is 11.6 Å². The third-order valence-corrected chi connectivity index (χ3v) is 8.45. The topological polar surface area (TPSA) is 150 Å². The first-order valence-electron chi connectivity index (χ1n) is 16.0. The number of ether oxygens (including phenoxy) is 3. The number of rotatable bonds is 15. The van der Waals surface area contributed by atoms with Gasteiger partial charge in [0.25, 0.3) is 5.56 Å². The van der Waals surface area contributed by atoms with E-state index in [0.29, 0.717) is 23.9 Å². The molecule has 49 heavy (non-hydrogen) atoms. The number of carbonyl (C=O) groups is 1. The quantitative estimate of drug-likeness (QED) is 0.0946. The Hall–Kier alpha value is -5.17. The summed E-state index contributed by atoms with van der Waals surface area (Å²) in [6, 6.07) is 17.4. The molecule has 0 spiro atoms. The number of imidazole rings is 1. The standard InChI is InChI=1S/C36H41N7O5S/c1-36(2,3)33-29(37-23-38-33)20-31-35(40-30(34(45)39-31)19-25-9-6-5-7-10-25)48-24-47-32(44)12-8-11-27-21-43(42-41-27)17-18-49-22-26-13-15-28(46-4)16-14-26/h5-7,9-10,13-16,19-21,23H,8,11-12,17-18,22,24H2,1-4H3,(H,37,38)(H,39,45)/b30-19-,31-20-. The van der Waals surface area contributed by atoms with Crippen LogP contribution < -0.4 is 25.7 Å². The molecule has 256 valence electrons. The number of aryl methyl sites for hydroxylation is 2. The molecule has 12 nitrogen and oxygen atoms in total. The lowest BCUT2D eigenvalue weighted by Crippen LogP contribution is -2.38. The van der Waals surface area contributed by atoms with Gasteiger partial charge in [0.1, 0.15) is 16.4 Å². The van der Waals surface area contributed by atoms with E-state index in [1.54, 1.807) is 25.6 Å². The van der Waals surface area contributed by atoms with E-state index in [0.717, 1.165) is 40.8 Å². The lowest BCUT2D eigenvalue weighted by atomic mass is 9.90. The summed E-state index contributed by atoms with van der Waals surface area (Å²) in [4.78, 5) is 40.5. The number of nitrogens with zero attached hydrogens (tertiary/aromatic N) is 5. The van der Waals surface area contributed by atoms with Gasteiger partial charge in [-0.1, -0.05) is 68.4 Å². The molecule has 5 rings (SSSR count). The van der Waals surface area contributed by atoms with Crippen LogP contribution in [0.15, 0.2) is 71.9 Å². The van der Waals surface area contributed by atoms with Crippen LogP contribution in [0.1, 0.15) is 61.8 Å². The molecule has 5 aromatic rings. The average molecular weight is 684 g/mol. The van der Waals surface area contributed by atoms with Gasteiger partial charge in [-0.25, -0.2) is 9.97 Å². The predicted octanol–water partition coefficient (Wildman–Crippen LogP) is 3.88. The van der Waals surface area contributed by atoms with Crippen LogP contribution in [-0.2, 0) is 33.7 Å². The van der Waals surface area contributed by atoms with Crippen LogP contribution in [-0.4, -0.2) is 60.6 Å². The summed E-state index contributed by atoms with van der Waals surface area (Å²) in [5.41, 5.74) is 3.77. The predicted molar refractivity (Wildman–Crippen MR) is 189 cm³/mol. The van der Waals surface area contributed by atoms with Crippen molar-refractivity contribution >= 4 is 29.9 Å². The van der Waals surface area contributed by atoms with Gasteiger partial charge in [0.05, 0.1) is 31.4 Å². The van der Waals surface area contributed by atoms with E-state index in [2.05, 4.69) is 63.2 Å². The van der Waals surface area contributed by atoms with Crippen molar-refractivity contribution in [3.63, 3.8) is 0 Å². The number of hydrogen-bond acceptors (Lipinski definition) is 10. The van der Waals surface area contributed by atoms with Gasteiger partial charge in [0.15, 0.2) is 0 Å². The number of esters is 1. The monoisotopic (exact) mass is 683 g/mol. The van der Waals surface area contributed by atoms with Crippen molar-refractivity contribution in [1.82, 2.24) is 34.9 Å². The van der Waals surface area contributed by atoms with Gasteiger partial charge in [-0.15, -0.1) is 5.10 Å². The zero-order chi connectivity index (χ0) is 34.6. The first-order chi connectivity index (χ1) is 23.7. The first kappa shape index (κ1) is 35.1. The number of aromatic amines is 2. The second kappa shape index (κ2) is 16.8. The van der Waals surface area contributed by atoms with E-state index in [9.17, 15) is 9.59 Å². The Bertz CT molecular complexity index is 2000. The summed E-state index contributed by atoms with van der Waals surface area (Å²) >= 11 is 1.82. The fourth-order valence-corrected chi connectivity index (χ4v) is 5.78. The summed E-state index contributed by atoms with van der Waals surface area (Å²) in [6.07, 6.45) is 8.19. The van der Waals surface area contributed by atoms with E-state index in [1.165, 1.54) is 5.56 Å². The maximum absolute atomic E-state index is 13.0. The fourth-order valence-electron chi connectivity index (χ4n) is 4.89. The third kappa shape index (κ3) is 10.4. The fraction of sp³-hybridized carbons (Fsp3) is 0.333. The molecule has 0 aliphatic heterocycles. The lowest BCUT2D eigenvalue weighted by molar-refractivity contribution is -0.150. The van der Waals surface area contributed by atoms with Crippen molar-refractivity contribution in [1.29, 1.82) is 0 Å². The highest BCUT2D eigenvalue weighted by atomic mass is 32.2. The molecule has 0 aliphatic rings. The van der Waals surface area contributed by atoms with E-state index < -0.39 is 11.5 Å². The van der Waals surface area contributed by atoms with Gasteiger partial charge in [-0.2, -0.15) is 11.8 Å². The lowest BCUT2D eigenvalue weighted by Gasteiger charge is -2.17. The summed E-state index contributed by atoms with van der Waals surface area (Å²) in [6.45, 7) is 6.54. The van der Waals surface area contributed by atoms with Crippen LogP contribution in [0.4, 0.5) is 0 Å². The molecular formula is C36H41N7O5S. The number of thioether (sulfide) groups is 1. The van der Waals surface area contributed by atoms with Gasteiger partial charge in [0.2, 0.25) is 12.7 Å². The van der Waals surface area contributed by atoms with Crippen LogP contribution >= 0.6 is 11.8 Å². The SMILES string of the molecule is COc1ccc(CSCCn2cc(CCCC(=O)OCOc3n/c(=C\c4ccccc4)c(=O)[nH]/c3=C\c3nc[nH]c3C(C)(C)C)nn2)cc1. The molecule has 2 N–H and O–H groups in total. The number of hydrogen-bond donors (Lipinski definition) is 2. The maximum Gasteiger partial charge on any atom is 0.308 e. The van der Waals surface area contributed by atoms with E-state index >= 15 is 0 Å². The minimum Gasteiger partial charge on any atom is -0.497 e. The Morgan fingerprint density at radius 2 is 1.86 bits per heavy atom. The zero-order valence-corrected chi connectivity index (χ0v) is 29.0. The van der Waals surface area contributed by atoms with Gasteiger partial charge in [0, 0.05) is 35.2 Å². The summed E-state index contributed by atoms with van der Waals surface area (Å²) in [5, 5.41) is 8.92. The Labute approximate surface area is 288 Å². The summed E-state index contributed by atoms with van der Waals surface area (Å²) in [5.74, 6) is 2.35. The molecule has 0 atom stereocenters.